The van der Waals surface area contributed by atoms with Crippen molar-refractivity contribution in [2.75, 3.05) is 14.1 Å². The summed E-state index contributed by atoms with van der Waals surface area (Å²) >= 11 is 0. The summed E-state index contributed by atoms with van der Waals surface area (Å²) in [6, 6.07) is -0.0164. The monoisotopic (exact) mass is 200 g/mol. The Hall–Kier alpha value is -0.900. The molecule has 0 aromatic rings. The minimum Gasteiger partial charge on any atom is -0.353 e. The van der Waals surface area contributed by atoms with E-state index in [1.54, 1.807) is 7.05 Å². The number of nitrogens with one attached hydrogen (secondary N) is 2. The molecule has 1 amide bonds. The summed E-state index contributed by atoms with van der Waals surface area (Å²) < 4.78 is 0. The van der Waals surface area contributed by atoms with Gasteiger partial charge in [-0.3, -0.25) is 9.59 Å². The predicted molar refractivity (Wildman–Crippen MR) is 56.0 cm³/mol. The van der Waals surface area contributed by atoms with Crippen molar-refractivity contribution in [2.24, 2.45) is 5.41 Å². The van der Waals surface area contributed by atoms with Gasteiger partial charge in [-0.15, -0.1) is 0 Å². The number of Topliss-reactive ketones (excluding diaryl/α,β-unsaturated/α-hetero) is 1. The molecule has 0 saturated carbocycles. The Morgan fingerprint density at radius 2 is 1.86 bits per heavy atom. The molecule has 0 spiro atoms. The summed E-state index contributed by atoms with van der Waals surface area (Å²) in [7, 11) is 3.26. The maximum atomic E-state index is 11.8. The number of carbonyl (C=O) groups is 2. The van der Waals surface area contributed by atoms with E-state index in [2.05, 4.69) is 10.6 Å². The van der Waals surface area contributed by atoms with Crippen molar-refractivity contribution in [3.63, 3.8) is 0 Å². The van der Waals surface area contributed by atoms with Crippen LogP contribution >= 0.6 is 0 Å². The van der Waals surface area contributed by atoms with E-state index in [0.29, 0.717) is 6.42 Å². The average Bonchev–Trinajstić information content (AvgIpc) is 2.24. The first kappa shape index (κ1) is 13.1. The number of likely N-dealkylation sites (N-methyl/N-ethyl adjacent to an activating group) is 1. The van der Waals surface area contributed by atoms with Crippen LogP contribution in [0.25, 0.3) is 0 Å². The molecular weight excluding hydrogens is 180 g/mol. The number of hydrogen-bond acceptors (Lipinski definition) is 3. The van der Waals surface area contributed by atoms with Gasteiger partial charge in [0.1, 0.15) is 0 Å². The minimum atomic E-state index is -0.630. The molecule has 2 N–H and O–H groups in total. The van der Waals surface area contributed by atoms with Gasteiger partial charge in [0.2, 0.25) is 5.78 Å². The van der Waals surface area contributed by atoms with E-state index < -0.39 is 11.3 Å². The van der Waals surface area contributed by atoms with E-state index in [1.807, 2.05) is 20.8 Å². The van der Waals surface area contributed by atoms with Crippen molar-refractivity contribution >= 4 is 11.7 Å². The summed E-state index contributed by atoms with van der Waals surface area (Å²) in [5.74, 6) is -0.874. The highest BCUT2D eigenvalue weighted by atomic mass is 16.2. The molecule has 0 aliphatic heterocycles. The molecule has 4 nitrogen and oxygen atoms in total. The molecule has 0 aromatic heterocycles. The van der Waals surface area contributed by atoms with Crippen LogP contribution in [0.15, 0.2) is 0 Å². The second-order valence-corrected chi connectivity index (χ2v) is 3.69. The minimum absolute atomic E-state index is 0.0164. The topological polar surface area (TPSA) is 58.2 Å². The molecule has 0 bridgehead atoms. The SMILES string of the molecule is CCC(C)(C(=O)C(=O)NC)C(C)NC. The third kappa shape index (κ3) is 2.32. The molecule has 4 heteroatoms. The summed E-state index contributed by atoms with van der Waals surface area (Å²) in [6.07, 6.45) is 0.640. The molecule has 0 aromatic carbocycles. The van der Waals surface area contributed by atoms with Crippen molar-refractivity contribution in [2.45, 2.75) is 33.2 Å². The largest absolute Gasteiger partial charge is 0.353 e. The third-order valence-electron chi connectivity index (χ3n) is 3.08. The predicted octanol–water partition coefficient (Wildman–Crippen LogP) is 0.326. The van der Waals surface area contributed by atoms with Crippen LogP contribution in [0.1, 0.15) is 27.2 Å². The van der Waals surface area contributed by atoms with Gasteiger partial charge < -0.3 is 10.6 Å². The molecule has 0 aliphatic rings. The standard InChI is InChI=1S/C10H20N2O2/c1-6-10(3,7(2)11-4)8(13)9(14)12-5/h7,11H,6H2,1-5H3,(H,12,14). The van der Waals surface area contributed by atoms with E-state index in [0.717, 1.165) is 0 Å². The van der Waals surface area contributed by atoms with Gasteiger partial charge in [0.15, 0.2) is 0 Å². The Kier molecular flexibility index (Phi) is 4.77. The summed E-state index contributed by atoms with van der Waals surface area (Å²) in [5, 5.41) is 5.38. The number of hydrogen-bond donors (Lipinski definition) is 2. The number of ketones is 1. The smallest absolute Gasteiger partial charge is 0.287 e. The van der Waals surface area contributed by atoms with Crippen LogP contribution in [0, 0.1) is 5.41 Å². The lowest BCUT2D eigenvalue weighted by molar-refractivity contribution is -0.144. The van der Waals surface area contributed by atoms with Crippen LogP contribution in [0.5, 0.6) is 0 Å². The maximum absolute atomic E-state index is 11.8. The summed E-state index contributed by atoms with van der Waals surface area (Å²) in [6.45, 7) is 5.63. The van der Waals surface area contributed by atoms with Gasteiger partial charge in [0.05, 0.1) is 5.41 Å². The zero-order chi connectivity index (χ0) is 11.4. The van der Waals surface area contributed by atoms with Gasteiger partial charge in [-0.25, -0.2) is 0 Å². The van der Waals surface area contributed by atoms with Crippen molar-refractivity contribution in [1.29, 1.82) is 0 Å². The molecular formula is C10H20N2O2. The first-order valence-corrected chi connectivity index (χ1v) is 4.87. The first-order chi connectivity index (χ1) is 6.43. The normalized spacial score (nSPS) is 16.9. The molecule has 14 heavy (non-hydrogen) atoms. The molecule has 0 rings (SSSR count). The lowest BCUT2D eigenvalue weighted by Crippen LogP contribution is -2.50. The highest BCUT2D eigenvalue weighted by Gasteiger charge is 2.39. The third-order valence-corrected chi connectivity index (χ3v) is 3.08. The fourth-order valence-corrected chi connectivity index (χ4v) is 1.35. The first-order valence-electron chi connectivity index (χ1n) is 4.87. The van der Waals surface area contributed by atoms with E-state index in [9.17, 15) is 9.59 Å². The zero-order valence-electron chi connectivity index (χ0n) is 9.60. The van der Waals surface area contributed by atoms with Crippen LogP contribution in [0.4, 0.5) is 0 Å². The zero-order valence-corrected chi connectivity index (χ0v) is 9.60. The summed E-state index contributed by atoms with van der Waals surface area (Å²) in [5.41, 5.74) is -0.630. The van der Waals surface area contributed by atoms with Crippen LogP contribution in [0.3, 0.4) is 0 Å². The highest BCUT2D eigenvalue weighted by Crippen LogP contribution is 2.26. The van der Waals surface area contributed by atoms with Crippen molar-refractivity contribution in [1.82, 2.24) is 10.6 Å². The molecule has 0 radical (unpaired) electrons. The molecule has 0 fully saturated rings. The Morgan fingerprint density at radius 1 is 1.36 bits per heavy atom. The van der Waals surface area contributed by atoms with Crippen LogP contribution in [-0.2, 0) is 9.59 Å². The fraction of sp³-hybridized carbons (Fsp3) is 0.800. The Morgan fingerprint density at radius 3 is 2.14 bits per heavy atom. The van der Waals surface area contributed by atoms with E-state index in [4.69, 9.17) is 0 Å². The molecule has 0 saturated heterocycles. The summed E-state index contributed by atoms with van der Waals surface area (Å²) in [4.78, 5) is 23.0. The van der Waals surface area contributed by atoms with E-state index in [-0.39, 0.29) is 11.8 Å². The Labute approximate surface area is 85.4 Å². The van der Waals surface area contributed by atoms with E-state index in [1.165, 1.54) is 7.05 Å². The lowest BCUT2D eigenvalue weighted by atomic mass is 9.76. The average molecular weight is 200 g/mol. The van der Waals surface area contributed by atoms with Gasteiger partial charge in [-0.2, -0.15) is 0 Å². The lowest BCUT2D eigenvalue weighted by Gasteiger charge is -2.32. The van der Waals surface area contributed by atoms with Gasteiger partial charge in [0.25, 0.3) is 5.91 Å². The van der Waals surface area contributed by atoms with Crippen molar-refractivity contribution in [3.8, 4) is 0 Å². The van der Waals surface area contributed by atoms with Crippen LogP contribution in [-0.4, -0.2) is 31.8 Å². The quantitative estimate of drug-likeness (QED) is 0.629. The fourth-order valence-electron chi connectivity index (χ4n) is 1.35. The molecule has 0 aliphatic carbocycles. The van der Waals surface area contributed by atoms with Crippen molar-refractivity contribution in [3.05, 3.63) is 0 Å². The molecule has 2 atom stereocenters. The Balaban J connectivity index is 4.85. The Bertz CT molecular complexity index is 228. The number of amides is 1. The van der Waals surface area contributed by atoms with Crippen LogP contribution in [0.2, 0.25) is 0 Å². The van der Waals surface area contributed by atoms with E-state index >= 15 is 0 Å². The highest BCUT2D eigenvalue weighted by molar-refractivity contribution is 6.38. The van der Waals surface area contributed by atoms with Gasteiger partial charge >= 0.3 is 0 Å². The maximum Gasteiger partial charge on any atom is 0.287 e. The number of carbonyl (C=O) groups excluding carboxylic acids is 2. The van der Waals surface area contributed by atoms with Gasteiger partial charge in [0, 0.05) is 13.1 Å². The second-order valence-electron chi connectivity index (χ2n) is 3.69. The number of rotatable bonds is 5. The molecule has 0 heterocycles. The molecule has 82 valence electrons. The van der Waals surface area contributed by atoms with Gasteiger partial charge in [-0.1, -0.05) is 13.8 Å². The van der Waals surface area contributed by atoms with Crippen molar-refractivity contribution < 1.29 is 9.59 Å². The molecule has 2 unspecified atom stereocenters. The van der Waals surface area contributed by atoms with Gasteiger partial charge in [-0.05, 0) is 20.4 Å². The second kappa shape index (κ2) is 5.10. The van der Waals surface area contributed by atoms with Crippen LogP contribution < -0.4 is 10.6 Å².